The van der Waals surface area contributed by atoms with E-state index in [9.17, 15) is 9.59 Å². The lowest BCUT2D eigenvalue weighted by molar-refractivity contribution is -0.145. The molecule has 0 aromatic heterocycles. The summed E-state index contributed by atoms with van der Waals surface area (Å²) in [4.78, 5) is 24.6. The lowest BCUT2D eigenvalue weighted by Gasteiger charge is -2.17. The molecule has 1 amide bonds. The van der Waals surface area contributed by atoms with Crippen LogP contribution in [0.4, 0.5) is 4.79 Å². The number of alkyl carbamates (subject to hydrolysis) is 1. The number of hydrogen-bond donors (Lipinski definition) is 2. The van der Waals surface area contributed by atoms with E-state index in [-0.39, 0.29) is 6.61 Å². The van der Waals surface area contributed by atoms with Crippen molar-refractivity contribution in [3.8, 4) is 0 Å². The van der Waals surface area contributed by atoms with Crippen molar-refractivity contribution >= 4 is 12.1 Å². The molecule has 42 heavy (non-hydrogen) atoms. The van der Waals surface area contributed by atoms with Crippen LogP contribution in [0.25, 0.3) is 0 Å². The summed E-state index contributed by atoms with van der Waals surface area (Å²) in [6.45, 7) is 12.3. The molecule has 0 rings (SSSR count). The Hall–Kier alpha value is -1.92. The summed E-state index contributed by atoms with van der Waals surface area (Å²) in [6, 6.07) is -0.694. The predicted molar refractivity (Wildman–Crippen MR) is 176 cm³/mol. The molecule has 0 bridgehead atoms. The molecule has 0 aliphatic carbocycles. The molecule has 0 spiro atoms. The van der Waals surface area contributed by atoms with Crippen molar-refractivity contribution in [3.63, 3.8) is 0 Å². The molecule has 0 aliphatic rings. The summed E-state index contributed by atoms with van der Waals surface area (Å²) in [5.74, 6) is 0.187. The average molecular weight is 597 g/mol. The van der Waals surface area contributed by atoms with E-state index in [0.717, 1.165) is 32.1 Å². The summed E-state index contributed by atoms with van der Waals surface area (Å²) in [5.41, 5.74) is 0. The van der Waals surface area contributed by atoms with Crippen molar-refractivity contribution in [2.45, 2.75) is 174 Å². The second-order valence-electron chi connectivity index (χ2n) is 11.6. The molecule has 0 radical (unpaired) electrons. The van der Waals surface area contributed by atoms with E-state index in [1.54, 1.807) is 6.92 Å². The highest BCUT2D eigenvalue weighted by molar-refractivity contribution is 5.81. The average Bonchev–Trinajstić information content (AvgIpc) is 2.98. The second kappa shape index (κ2) is 32.0. The first kappa shape index (κ1) is 40.1. The van der Waals surface area contributed by atoms with E-state index in [4.69, 9.17) is 14.2 Å². The highest BCUT2D eigenvalue weighted by atomic mass is 16.6. The number of unbranched alkanes of at least 4 members (excludes halogenated alkanes) is 19. The Morgan fingerprint density at radius 3 is 1.50 bits per heavy atom. The van der Waals surface area contributed by atoms with Crippen LogP contribution in [-0.4, -0.2) is 44.5 Å². The van der Waals surface area contributed by atoms with Crippen LogP contribution in [0.5, 0.6) is 0 Å². The van der Waals surface area contributed by atoms with Gasteiger partial charge in [0.05, 0.1) is 19.8 Å². The first-order valence-corrected chi connectivity index (χ1v) is 17.7. The third-order valence-electron chi connectivity index (χ3n) is 7.61. The van der Waals surface area contributed by atoms with Crippen molar-refractivity contribution in [2.24, 2.45) is 0 Å². The van der Waals surface area contributed by atoms with Gasteiger partial charge in [-0.05, 0) is 45.6 Å². The zero-order valence-electron chi connectivity index (χ0n) is 27.9. The highest BCUT2D eigenvalue weighted by Gasteiger charge is 2.22. The van der Waals surface area contributed by atoms with Crippen LogP contribution in [0, 0.1) is 0 Å². The van der Waals surface area contributed by atoms with Gasteiger partial charge in [-0.15, -0.1) is 0 Å². The Kier molecular flexibility index (Phi) is 30.5. The molecular weight excluding hydrogens is 528 g/mol. The molecule has 0 aromatic carbocycles. The van der Waals surface area contributed by atoms with Crippen LogP contribution in [0.3, 0.4) is 0 Å². The molecule has 7 nitrogen and oxygen atoms in total. The van der Waals surface area contributed by atoms with Crippen molar-refractivity contribution in [3.05, 3.63) is 12.5 Å². The van der Waals surface area contributed by atoms with Crippen molar-refractivity contribution in [1.29, 1.82) is 0 Å². The van der Waals surface area contributed by atoms with Crippen molar-refractivity contribution in [2.75, 3.05) is 26.4 Å². The third-order valence-corrected chi connectivity index (χ3v) is 7.61. The molecule has 1 unspecified atom stereocenters. The smallest absolute Gasteiger partial charge is 0.407 e. The van der Waals surface area contributed by atoms with Gasteiger partial charge in [0.25, 0.3) is 0 Å². The van der Waals surface area contributed by atoms with Gasteiger partial charge in [-0.3, -0.25) is 0 Å². The third kappa shape index (κ3) is 28.2. The maximum atomic E-state index is 12.4. The maximum Gasteiger partial charge on any atom is 0.407 e. The fraction of sp³-hybridized carbons (Fsp3) is 0.886. The van der Waals surface area contributed by atoms with Gasteiger partial charge in [-0.1, -0.05) is 129 Å². The van der Waals surface area contributed by atoms with Gasteiger partial charge >= 0.3 is 12.1 Å². The standard InChI is InChI=1S/C35H68N2O5/c1-5-8-10-12-14-16-18-20-22-26-30-41-32(4)36-29-25-24-28-33(34(38)40-7-3)37-35(39)42-31-27-23-21-19-17-15-13-11-9-6-2/h33,36H,4-31H2,1-3H3,(H,37,39). The molecule has 0 aromatic rings. The topological polar surface area (TPSA) is 85.9 Å². The molecule has 2 N–H and O–H groups in total. The van der Waals surface area contributed by atoms with Gasteiger partial charge < -0.3 is 24.8 Å². The fourth-order valence-corrected chi connectivity index (χ4v) is 4.97. The normalized spacial score (nSPS) is 11.6. The number of nitrogens with one attached hydrogen (secondary N) is 2. The van der Waals surface area contributed by atoms with Crippen LogP contribution in [0.2, 0.25) is 0 Å². The van der Waals surface area contributed by atoms with E-state index < -0.39 is 18.1 Å². The van der Waals surface area contributed by atoms with Gasteiger partial charge in [0.2, 0.25) is 0 Å². The molecule has 1 atom stereocenters. The monoisotopic (exact) mass is 597 g/mol. The van der Waals surface area contributed by atoms with Crippen LogP contribution in [0.15, 0.2) is 12.5 Å². The molecular formula is C35H68N2O5. The molecule has 248 valence electrons. The van der Waals surface area contributed by atoms with Crippen LogP contribution < -0.4 is 10.6 Å². The first-order chi connectivity index (χ1) is 20.5. The number of rotatable bonds is 32. The quantitative estimate of drug-likeness (QED) is 0.0457. The maximum absolute atomic E-state index is 12.4. The Balaban J connectivity index is 3.85. The lowest BCUT2D eigenvalue weighted by atomic mass is 10.1. The number of ether oxygens (including phenoxy) is 3. The summed E-state index contributed by atoms with van der Waals surface area (Å²) in [7, 11) is 0. The lowest BCUT2D eigenvalue weighted by Crippen LogP contribution is -2.42. The van der Waals surface area contributed by atoms with E-state index in [1.165, 1.54) is 109 Å². The summed E-state index contributed by atoms with van der Waals surface area (Å²) in [6.07, 6.45) is 26.9. The zero-order valence-corrected chi connectivity index (χ0v) is 27.9. The van der Waals surface area contributed by atoms with E-state index in [0.29, 0.717) is 32.1 Å². The minimum Gasteiger partial charge on any atom is -0.480 e. The summed E-state index contributed by atoms with van der Waals surface area (Å²) in [5, 5.41) is 5.91. The van der Waals surface area contributed by atoms with Gasteiger partial charge in [-0.2, -0.15) is 0 Å². The minimum atomic E-state index is -0.694. The number of carbonyl (C=O) groups excluding carboxylic acids is 2. The Morgan fingerprint density at radius 1 is 0.571 bits per heavy atom. The van der Waals surface area contributed by atoms with E-state index in [1.807, 2.05) is 0 Å². The Morgan fingerprint density at radius 2 is 1.02 bits per heavy atom. The largest absolute Gasteiger partial charge is 0.480 e. The molecule has 0 fully saturated rings. The predicted octanol–water partition coefficient (Wildman–Crippen LogP) is 9.73. The van der Waals surface area contributed by atoms with E-state index >= 15 is 0 Å². The second-order valence-corrected chi connectivity index (χ2v) is 11.6. The van der Waals surface area contributed by atoms with Crippen LogP contribution >= 0.6 is 0 Å². The van der Waals surface area contributed by atoms with Crippen molar-refractivity contribution in [1.82, 2.24) is 10.6 Å². The molecule has 7 heteroatoms. The number of carbonyl (C=O) groups is 2. The van der Waals surface area contributed by atoms with E-state index in [2.05, 4.69) is 31.1 Å². The molecule has 0 aliphatic heterocycles. The number of esters is 1. The Bertz CT molecular complexity index is 629. The molecule has 0 heterocycles. The van der Waals surface area contributed by atoms with Gasteiger partial charge in [0, 0.05) is 6.54 Å². The van der Waals surface area contributed by atoms with Crippen LogP contribution in [-0.2, 0) is 19.0 Å². The molecule has 0 saturated carbocycles. The minimum absolute atomic E-state index is 0.280. The highest BCUT2D eigenvalue weighted by Crippen LogP contribution is 2.12. The van der Waals surface area contributed by atoms with Gasteiger partial charge in [0.1, 0.15) is 6.04 Å². The molecule has 0 saturated heterocycles. The first-order valence-electron chi connectivity index (χ1n) is 17.7. The number of hydrogen-bond acceptors (Lipinski definition) is 6. The van der Waals surface area contributed by atoms with Gasteiger partial charge in [0.15, 0.2) is 5.88 Å². The van der Waals surface area contributed by atoms with Crippen molar-refractivity contribution < 1.29 is 23.8 Å². The fourth-order valence-electron chi connectivity index (χ4n) is 4.97. The SMILES string of the molecule is C=C(NCCCCC(NC(=O)OCCCCCCCCCCCC)C(=O)OCC)OCCCCCCCCCCCC. The Labute approximate surface area is 259 Å². The van der Waals surface area contributed by atoms with Crippen LogP contribution in [0.1, 0.15) is 168 Å². The summed E-state index contributed by atoms with van der Waals surface area (Å²) < 4.78 is 16.2. The van der Waals surface area contributed by atoms with Gasteiger partial charge in [-0.25, -0.2) is 9.59 Å². The summed E-state index contributed by atoms with van der Waals surface area (Å²) >= 11 is 0. The zero-order chi connectivity index (χ0) is 30.9. The number of amides is 1.